The first-order chi connectivity index (χ1) is 8.81. The van der Waals surface area contributed by atoms with E-state index in [2.05, 4.69) is 25.1 Å². The number of rotatable bonds is 6. The van der Waals surface area contributed by atoms with Gasteiger partial charge in [-0.15, -0.1) is 0 Å². The summed E-state index contributed by atoms with van der Waals surface area (Å²) in [6, 6.07) is 6.64. The van der Waals surface area contributed by atoms with Gasteiger partial charge in [0.25, 0.3) is 0 Å². The first-order valence-electron chi connectivity index (χ1n) is 7.32. The van der Waals surface area contributed by atoms with Gasteiger partial charge in [-0.2, -0.15) is 0 Å². The maximum absolute atomic E-state index is 6.15. The van der Waals surface area contributed by atoms with Crippen molar-refractivity contribution in [1.29, 1.82) is 0 Å². The Hall–Kier alpha value is -1.02. The maximum atomic E-state index is 6.15. The van der Waals surface area contributed by atoms with Crippen molar-refractivity contribution in [3.05, 3.63) is 29.3 Å². The van der Waals surface area contributed by atoms with E-state index in [1.54, 1.807) is 0 Å². The number of hydrogen-bond donors (Lipinski definition) is 1. The molecule has 1 aliphatic rings. The van der Waals surface area contributed by atoms with Gasteiger partial charge in [0.1, 0.15) is 5.75 Å². The Kier molecular flexibility index (Phi) is 5.06. The Bertz CT molecular complexity index is 375. The smallest absolute Gasteiger partial charge is 0.119 e. The van der Waals surface area contributed by atoms with Crippen LogP contribution >= 0.6 is 0 Å². The van der Waals surface area contributed by atoms with Crippen LogP contribution in [-0.4, -0.2) is 6.61 Å². The molecule has 0 fully saturated rings. The van der Waals surface area contributed by atoms with E-state index in [1.807, 2.05) is 0 Å². The SMILES string of the molecule is CCCCCCOc1ccc2c(c1)[C@H](N)CCC2. The number of nitrogens with two attached hydrogens (primary N) is 1. The van der Waals surface area contributed by atoms with Crippen molar-refractivity contribution in [2.45, 2.75) is 57.9 Å². The summed E-state index contributed by atoms with van der Waals surface area (Å²) in [6.07, 6.45) is 8.47. The molecule has 2 heteroatoms. The first kappa shape index (κ1) is 13.4. The van der Waals surface area contributed by atoms with E-state index in [0.29, 0.717) is 0 Å². The Labute approximate surface area is 111 Å². The molecule has 2 nitrogen and oxygen atoms in total. The lowest BCUT2D eigenvalue weighted by molar-refractivity contribution is 0.304. The third kappa shape index (κ3) is 3.49. The van der Waals surface area contributed by atoms with Crippen LogP contribution in [-0.2, 0) is 6.42 Å². The molecular weight excluding hydrogens is 222 g/mol. The summed E-state index contributed by atoms with van der Waals surface area (Å²) in [4.78, 5) is 0. The van der Waals surface area contributed by atoms with E-state index in [-0.39, 0.29) is 6.04 Å². The number of benzene rings is 1. The molecule has 0 aromatic heterocycles. The van der Waals surface area contributed by atoms with Gasteiger partial charge >= 0.3 is 0 Å². The molecule has 100 valence electrons. The minimum atomic E-state index is 0.206. The van der Waals surface area contributed by atoms with E-state index in [4.69, 9.17) is 10.5 Å². The fraction of sp³-hybridized carbons (Fsp3) is 0.625. The Balaban J connectivity index is 1.88. The second-order valence-electron chi connectivity index (χ2n) is 5.27. The minimum absolute atomic E-state index is 0.206. The highest BCUT2D eigenvalue weighted by molar-refractivity contribution is 5.39. The van der Waals surface area contributed by atoms with Gasteiger partial charge in [0.2, 0.25) is 0 Å². The highest BCUT2D eigenvalue weighted by Crippen LogP contribution is 2.30. The molecule has 0 spiro atoms. The fourth-order valence-electron chi connectivity index (χ4n) is 2.62. The molecule has 0 unspecified atom stereocenters. The van der Waals surface area contributed by atoms with Crippen molar-refractivity contribution in [2.75, 3.05) is 6.61 Å². The van der Waals surface area contributed by atoms with Gasteiger partial charge in [-0.3, -0.25) is 0 Å². The molecule has 0 saturated heterocycles. The summed E-state index contributed by atoms with van der Waals surface area (Å²) >= 11 is 0. The second-order valence-corrected chi connectivity index (χ2v) is 5.27. The molecule has 1 aliphatic carbocycles. The van der Waals surface area contributed by atoms with Crippen molar-refractivity contribution in [1.82, 2.24) is 0 Å². The Morgan fingerprint density at radius 1 is 1.28 bits per heavy atom. The van der Waals surface area contributed by atoms with Crippen LogP contribution < -0.4 is 10.5 Å². The molecule has 1 aromatic carbocycles. The highest BCUT2D eigenvalue weighted by Gasteiger charge is 2.17. The quantitative estimate of drug-likeness (QED) is 0.772. The third-order valence-corrected chi connectivity index (χ3v) is 3.74. The maximum Gasteiger partial charge on any atom is 0.119 e. The van der Waals surface area contributed by atoms with Crippen LogP contribution in [0, 0.1) is 0 Å². The lowest BCUT2D eigenvalue weighted by Gasteiger charge is -2.22. The van der Waals surface area contributed by atoms with Gasteiger partial charge in [-0.05, 0) is 48.9 Å². The summed E-state index contributed by atoms with van der Waals surface area (Å²) < 4.78 is 5.81. The zero-order chi connectivity index (χ0) is 12.8. The van der Waals surface area contributed by atoms with Gasteiger partial charge < -0.3 is 10.5 Å². The van der Waals surface area contributed by atoms with Crippen LogP contribution in [0.4, 0.5) is 0 Å². The van der Waals surface area contributed by atoms with Gasteiger partial charge in [-0.1, -0.05) is 32.3 Å². The number of aryl methyl sites for hydroxylation is 1. The van der Waals surface area contributed by atoms with Crippen molar-refractivity contribution < 1.29 is 4.74 Å². The van der Waals surface area contributed by atoms with Crippen LogP contribution in [0.15, 0.2) is 18.2 Å². The molecule has 1 atom stereocenters. The van der Waals surface area contributed by atoms with Crippen molar-refractivity contribution >= 4 is 0 Å². The minimum Gasteiger partial charge on any atom is -0.494 e. The molecule has 0 aliphatic heterocycles. The summed E-state index contributed by atoms with van der Waals surface area (Å²) in [5, 5.41) is 0. The summed E-state index contributed by atoms with van der Waals surface area (Å²) in [6.45, 7) is 3.06. The van der Waals surface area contributed by atoms with Crippen LogP contribution in [0.3, 0.4) is 0 Å². The monoisotopic (exact) mass is 247 g/mol. The van der Waals surface area contributed by atoms with E-state index in [0.717, 1.165) is 25.2 Å². The molecular formula is C16H25NO. The van der Waals surface area contributed by atoms with Crippen LogP contribution in [0.5, 0.6) is 5.75 Å². The standard InChI is InChI=1S/C16H25NO/c1-2-3-4-5-11-18-14-10-9-13-7-6-8-16(17)15(13)12-14/h9-10,12,16H,2-8,11,17H2,1H3/t16-/m1/s1. The van der Waals surface area contributed by atoms with E-state index < -0.39 is 0 Å². The number of unbranched alkanes of at least 4 members (excludes halogenated alkanes) is 3. The summed E-state index contributed by atoms with van der Waals surface area (Å²) in [5.74, 6) is 0.989. The zero-order valence-corrected chi connectivity index (χ0v) is 11.5. The molecule has 0 radical (unpaired) electrons. The van der Waals surface area contributed by atoms with E-state index in [9.17, 15) is 0 Å². The normalized spacial score (nSPS) is 18.4. The van der Waals surface area contributed by atoms with Crippen LogP contribution in [0.25, 0.3) is 0 Å². The average molecular weight is 247 g/mol. The molecule has 2 rings (SSSR count). The molecule has 0 amide bonds. The molecule has 1 aromatic rings. The molecule has 0 heterocycles. The second kappa shape index (κ2) is 6.79. The Morgan fingerprint density at radius 2 is 2.17 bits per heavy atom. The van der Waals surface area contributed by atoms with Crippen molar-refractivity contribution in [3.8, 4) is 5.75 Å². The number of ether oxygens (including phenoxy) is 1. The predicted octanol–water partition coefficient (Wildman–Crippen LogP) is 3.98. The predicted molar refractivity (Wildman–Crippen MR) is 75.9 cm³/mol. The van der Waals surface area contributed by atoms with Gasteiger partial charge in [0.15, 0.2) is 0 Å². The Morgan fingerprint density at radius 3 is 3.00 bits per heavy atom. The molecule has 18 heavy (non-hydrogen) atoms. The lowest BCUT2D eigenvalue weighted by atomic mass is 9.88. The lowest BCUT2D eigenvalue weighted by Crippen LogP contribution is -2.17. The fourth-order valence-corrected chi connectivity index (χ4v) is 2.62. The molecule has 0 saturated carbocycles. The van der Waals surface area contributed by atoms with Crippen molar-refractivity contribution in [3.63, 3.8) is 0 Å². The largest absolute Gasteiger partial charge is 0.494 e. The zero-order valence-electron chi connectivity index (χ0n) is 11.5. The number of hydrogen-bond acceptors (Lipinski definition) is 2. The third-order valence-electron chi connectivity index (χ3n) is 3.74. The van der Waals surface area contributed by atoms with E-state index in [1.165, 1.54) is 43.2 Å². The first-order valence-corrected chi connectivity index (χ1v) is 7.32. The average Bonchev–Trinajstić information content (AvgIpc) is 2.39. The summed E-state index contributed by atoms with van der Waals surface area (Å²) in [7, 11) is 0. The number of fused-ring (bicyclic) bond motifs is 1. The highest BCUT2D eigenvalue weighted by atomic mass is 16.5. The molecule has 2 N–H and O–H groups in total. The topological polar surface area (TPSA) is 35.2 Å². The van der Waals surface area contributed by atoms with Gasteiger partial charge in [0, 0.05) is 6.04 Å². The van der Waals surface area contributed by atoms with E-state index >= 15 is 0 Å². The van der Waals surface area contributed by atoms with Crippen LogP contribution in [0.1, 0.15) is 62.6 Å². The van der Waals surface area contributed by atoms with Gasteiger partial charge in [-0.25, -0.2) is 0 Å². The van der Waals surface area contributed by atoms with Gasteiger partial charge in [0.05, 0.1) is 6.61 Å². The molecule has 0 bridgehead atoms. The summed E-state index contributed by atoms with van der Waals surface area (Å²) in [5.41, 5.74) is 8.86. The van der Waals surface area contributed by atoms with Crippen LogP contribution in [0.2, 0.25) is 0 Å². The van der Waals surface area contributed by atoms with Crippen molar-refractivity contribution in [2.24, 2.45) is 5.73 Å².